The summed E-state index contributed by atoms with van der Waals surface area (Å²) in [6, 6.07) is 9.40. The molecule has 1 aromatic rings. The number of aliphatic hydroxyl groups excluding tert-OH is 1. The summed E-state index contributed by atoms with van der Waals surface area (Å²) in [5, 5.41) is 17.9. The minimum atomic E-state index is -0.148. The number of methoxy groups -OCH3 is 1. The molecule has 4 heteroatoms. The third-order valence-electron chi connectivity index (χ3n) is 2.53. The molecule has 0 saturated heterocycles. The zero-order valence-electron chi connectivity index (χ0n) is 9.55. The van der Waals surface area contributed by atoms with Crippen molar-refractivity contribution in [3.8, 4) is 11.8 Å². The van der Waals surface area contributed by atoms with Crippen molar-refractivity contribution in [3.05, 3.63) is 29.8 Å². The van der Waals surface area contributed by atoms with E-state index >= 15 is 0 Å². The predicted molar refractivity (Wildman–Crippen MR) is 61.1 cm³/mol. The van der Waals surface area contributed by atoms with Crippen LogP contribution >= 0.6 is 0 Å². The van der Waals surface area contributed by atoms with Gasteiger partial charge in [0.05, 0.1) is 32.4 Å². The van der Waals surface area contributed by atoms with Gasteiger partial charge in [-0.2, -0.15) is 5.26 Å². The van der Waals surface area contributed by atoms with Gasteiger partial charge in [-0.3, -0.25) is 4.90 Å². The molecule has 0 unspecified atom stereocenters. The van der Waals surface area contributed by atoms with Gasteiger partial charge in [0.25, 0.3) is 0 Å². The summed E-state index contributed by atoms with van der Waals surface area (Å²) in [6.07, 6.45) is 0. The number of nitrogens with zero attached hydrogens (tertiary/aromatic N) is 2. The first kappa shape index (κ1) is 12.5. The zero-order chi connectivity index (χ0) is 12.0. The summed E-state index contributed by atoms with van der Waals surface area (Å²) in [4.78, 5) is 1.81. The number of rotatable bonds is 5. The first-order valence-corrected chi connectivity index (χ1v) is 5.05. The fourth-order valence-corrected chi connectivity index (χ4v) is 1.55. The topological polar surface area (TPSA) is 56.5 Å². The molecule has 0 aliphatic heterocycles. The SMILES string of the molecule is COc1ccc([C@@H](CO)N(C)CC#N)cc1. The quantitative estimate of drug-likeness (QED) is 0.757. The lowest BCUT2D eigenvalue weighted by Gasteiger charge is -2.24. The molecule has 1 atom stereocenters. The van der Waals surface area contributed by atoms with Crippen molar-refractivity contribution in [1.29, 1.82) is 5.26 Å². The Morgan fingerprint density at radius 2 is 2.06 bits per heavy atom. The van der Waals surface area contributed by atoms with Gasteiger partial charge in [-0.25, -0.2) is 0 Å². The van der Waals surface area contributed by atoms with E-state index in [0.717, 1.165) is 11.3 Å². The second-order valence-electron chi connectivity index (χ2n) is 3.54. The number of ether oxygens (including phenoxy) is 1. The van der Waals surface area contributed by atoms with Gasteiger partial charge in [-0.15, -0.1) is 0 Å². The van der Waals surface area contributed by atoms with E-state index in [1.54, 1.807) is 7.11 Å². The maximum Gasteiger partial charge on any atom is 0.118 e. The van der Waals surface area contributed by atoms with Gasteiger partial charge in [0.15, 0.2) is 0 Å². The summed E-state index contributed by atoms with van der Waals surface area (Å²) in [5.41, 5.74) is 0.973. The van der Waals surface area contributed by atoms with Crippen LogP contribution in [0, 0.1) is 11.3 Å². The minimum Gasteiger partial charge on any atom is -0.497 e. The zero-order valence-corrected chi connectivity index (χ0v) is 9.55. The smallest absolute Gasteiger partial charge is 0.118 e. The number of hydrogen-bond acceptors (Lipinski definition) is 4. The molecule has 0 fully saturated rings. The van der Waals surface area contributed by atoms with Crippen LogP contribution in [0.2, 0.25) is 0 Å². The largest absolute Gasteiger partial charge is 0.497 e. The lowest BCUT2D eigenvalue weighted by atomic mass is 10.1. The lowest BCUT2D eigenvalue weighted by molar-refractivity contribution is 0.160. The summed E-state index contributed by atoms with van der Waals surface area (Å²) in [6.45, 7) is 0.280. The highest BCUT2D eigenvalue weighted by atomic mass is 16.5. The molecule has 1 N–H and O–H groups in total. The molecule has 0 amide bonds. The van der Waals surface area contributed by atoms with E-state index in [9.17, 15) is 5.11 Å². The van der Waals surface area contributed by atoms with Crippen LogP contribution in [0.25, 0.3) is 0 Å². The second kappa shape index (κ2) is 6.11. The molecule has 16 heavy (non-hydrogen) atoms. The Hall–Kier alpha value is -1.57. The first-order valence-electron chi connectivity index (χ1n) is 5.05. The van der Waals surface area contributed by atoms with Crippen LogP contribution in [0.4, 0.5) is 0 Å². The Morgan fingerprint density at radius 1 is 1.44 bits per heavy atom. The van der Waals surface area contributed by atoms with E-state index in [0.29, 0.717) is 0 Å². The van der Waals surface area contributed by atoms with Gasteiger partial charge in [-0.05, 0) is 24.7 Å². The van der Waals surface area contributed by atoms with Crippen molar-refractivity contribution in [3.63, 3.8) is 0 Å². The van der Waals surface area contributed by atoms with Crippen molar-refractivity contribution >= 4 is 0 Å². The number of aliphatic hydroxyl groups is 1. The van der Waals surface area contributed by atoms with E-state index in [4.69, 9.17) is 10.00 Å². The molecule has 86 valence electrons. The van der Waals surface area contributed by atoms with Gasteiger partial charge >= 0.3 is 0 Å². The Morgan fingerprint density at radius 3 is 2.50 bits per heavy atom. The lowest BCUT2D eigenvalue weighted by Crippen LogP contribution is -2.27. The maximum absolute atomic E-state index is 9.32. The minimum absolute atomic E-state index is 0.00942. The molecule has 1 aromatic carbocycles. The monoisotopic (exact) mass is 220 g/mol. The number of benzene rings is 1. The molecule has 0 spiro atoms. The van der Waals surface area contributed by atoms with Crippen LogP contribution < -0.4 is 4.74 Å². The van der Waals surface area contributed by atoms with Crippen LogP contribution in [0.5, 0.6) is 5.75 Å². The fourth-order valence-electron chi connectivity index (χ4n) is 1.55. The standard InChI is InChI=1S/C12H16N2O2/c1-14(8-7-13)12(9-15)10-3-5-11(16-2)6-4-10/h3-6,12,15H,8-9H2,1-2H3/t12-/m1/s1. The molecule has 0 bridgehead atoms. The van der Waals surface area contributed by atoms with Gasteiger partial charge in [0, 0.05) is 0 Å². The van der Waals surface area contributed by atoms with Crippen molar-refractivity contribution in [2.45, 2.75) is 6.04 Å². The summed E-state index contributed by atoms with van der Waals surface area (Å²) in [7, 11) is 3.43. The van der Waals surface area contributed by atoms with Crippen molar-refractivity contribution < 1.29 is 9.84 Å². The van der Waals surface area contributed by atoms with Crippen LogP contribution in [-0.4, -0.2) is 37.3 Å². The van der Waals surface area contributed by atoms with Crippen molar-refractivity contribution in [2.75, 3.05) is 27.3 Å². The van der Waals surface area contributed by atoms with E-state index in [-0.39, 0.29) is 19.2 Å². The van der Waals surface area contributed by atoms with Crippen LogP contribution in [0.3, 0.4) is 0 Å². The van der Waals surface area contributed by atoms with Crippen molar-refractivity contribution in [1.82, 2.24) is 4.90 Å². The highest BCUT2D eigenvalue weighted by molar-refractivity contribution is 5.29. The molecule has 0 radical (unpaired) electrons. The van der Waals surface area contributed by atoms with Crippen molar-refractivity contribution in [2.24, 2.45) is 0 Å². The average molecular weight is 220 g/mol. The molecule has 0 heterocycles. The number of nitriles is 1. The summed E-state index contributed by atoms with van der Waals surface area (Å²) >= 11 is 0. The number of likely N-dealkylation sites (N-methyl/N-ethyl adjacent to an activating group) is 1. The van der Waals surface area contributed by atoms with Crippen LogP contribution in [0.1, 0.15) is 11.6 Å². The fraction of sp³-hybridized carbons (Fsp3) is 0.417. The van der Waals surface area contributed by atoms with Crippen LogP contribution in [0.15, 0.2) is 24.3 Å². The molecule has 4 nitrogen and oxygen atoms in total. The predicted octanol–water partition coefficient (Wildman–Crippen LogP) is 1.18. The molecule has 0 aliphatic carbocycles. The summed E-state index contributed by atoms with van der Waals surface area (Å²) in [5.74, 6) is 0.781. The van der Waals surface area contributed by atoms with E-state index in [1.165, 1.54) is 0 Å². The Bertz CT molecular complexity index is 356. The highest BCUT2D eigenvalue weighted by Crippen LogP contribution is 2.21. The molecular formula is C12H16N2O2. The number of hydrogen-bond donors (Lipinski definition) is 1. The second-order valence-corrected chi connectivity index (χ2v) is 3.54. The molecule has 1 rings (SSSR count). The van der Waals surface area contributed by atoms with Gasteiger partial charge in [0.2, 0.25) is 0 Å². The Labute approximate surface area is 95.7 Å². The third kappa shape index (κ3) is 2.96. The van der Waals surface area contributed by atoms with Gasteiger partial charge in [0.1, 0.15) is 5.75 Å². The first-order chi connectivity index (χ1) is 7.72. The third-order valence-corrected chi connectivity index (χ3v) is 2.53. The molecular weight excluding hydrogens is 204 g/mol. The molecule has 0 aromatic heterocycles. The molecule has 0 aliphatic rings. The highest BCUT2D eigenvalue weighted by Gasteiger charge is 2.15. The molecule has 0 saturated carbocycles. The van der Waals surface area contributed by atoms with E-state index < -0.39 is 0 Å². The maximum atomic E-state index is 9.32. The van der Waals surface area contributed by atoms with E-state index in [1.807, 2.05) is 36.2 Å². The van der Waals surface area contributed by atoms with Gasteiger partial charge in [-0.1, -0.05) is 12.1 Å². The van der Waals surface area contributed by atoms with Crippen LogP contribution in [-0.2, 0) is 0 Å². The summed E-state index contributed by atoms with van der Waals surface area (Å²) < 4.78 is 5.06. The Balaban J connectivity index is 2.83. The van der Waals surface area contributed by atoms with E-state index in [2.05, 4.69) is 6.07 Å². The normalized spacial score (nSPS) is 12.2. The van der Waals surface area contributed by atoms with Gasteiger partial charge < -0.3 is 9.84 Å². The Kier molecular flexibility index (Phi) is 4.77. The average Bonchev–Trinajstić information content (AvgIpc) is 2.31.